The number of methoxy groups -OCH3 is 1. The van der Waals surface area contributed by atoms with Gasteiger partial charge < -0.3 is 9.30 Å². The first-order valence-corrected chi connectivity index (χ1v) is 9.95. The van der Waals surface area contributed by atoms with E-state index in [1.807, 2.05) is 44.2 Å². The molecule has 0 aliphatic rings. The molecule has 0 unspecified atom stereocenters. The van der Waals surface area contributed by atoms with Gasteiger partial charge in [-0.2, -0.15) is 5.10 Å². The third kappa shape index (κ3) is 4.73. The van der Waals surface area contributed by atoms with Gasteiger partial charge >= 0.3 is 5.97 Å². The molecule has 3 rings (SSSR count). The number of aromatic nitrogens is 1. The maximum Gasteiger partial charge on any atom is 0.337 e. The van der Waals surface area contributed by atoms with Gasteiger partial charge in [0.25, 0.3) is 5.91 Å². The smallest absolute Gasteiger partial charge is 0.337 e. The number of nitrogens with one attached hydrogen (secondary N) is 1. The topological polar surface area (TPSA) is 72.7 Å². The maximum absolute atomic E-state index is 12.2. The van der Waals surface area contributed by atoms with E-state index in [9.17, 15) is 9.59 Å². The molecule has 1 aromatic heterocycles. The molecule has 3 aromatic rings. The minimum absolute atomic E-state index is 0.259. The second-order valence-electron chi connectivity index (χ2n) is 6.41. The molecule has 0 atom stereocenters. The molecule has 2 aromatic carbocycles. The monoisotopic (exact) mass is 501 g/mol. The van der Waals surface area contributed by atoms with Crippen molar-refractivity contribution in [1.82, 2.24) is 9.99 Å². The molecule has 0 spiro atoms. The molecular formula is C22H20IN3O3. The summed E-state index contributed by atoms with van der Waals surface area (Å²) in [5.74, 6) is -0.626. The number of carbonyl (C=O) groups is 2. The number of hydrogen-bond donors (Lipinski definition) is 1. The summed E-state index contributed by atoms with van der Waals surface area (Å²) >= 11 is 2.19. The Kier molecular flexibility index (Phi) is 6.48. The van der Waals surface area contributed by atoms with E-state index in [2.05, 4.69) is 37.7 Å². The summed E-state index contributed by atoms with van der Waals surface area (Å²) in [6.45, 7) is 3.96. The average molecular weight is 501 g/mol. The summed E-state index contributed by atoms with van der Waals surface area (Å²) in [4.78, 5) is 23.8. The molecule has 0 aliphatic heterocycles. The van der Waals surface area contributed by atoms with Crippen LogP contribution < -0.4 is 5.43 Å². The average Bonchev–Trinajstić information content (AvgIpc) is 3.01. The van der Waals surface area contributed by atoms with Crippen LogP contribution in [-0.2, 0) is 4.74 Å². The number of halogens is 1. The standard InChI is InChI=1S/C22H20IN3O3/c1-14-12-18(13-24-25-21(27)16-4-8-19(23)9-5-16)15(2)26(14)20-10-6-17(7-11-20)22(28)29-3/h4-13H,1-3H3,(H,25,27)/b24-13-. The fourth-order valence-corrected chi connectivity index (χ4v) is 3.37. The second kappa shape index (κ2) is 9.04. The third-order valence-corrected chi connectivity index (χ3v) is 5.21. The van der Waals surface area contributed by atoms with Crippen molar-refractivity contribution in [3.63, 3.8) is 0 Å². The van der Waals surface area contributed by atoms with Crippen LogP contribution in [0.5, 0.6) is 0 Å². The summed E-state index contributed by atoms with van der Waals surface area (Å²) in [7, 11) is 1.36. The van der Waals surface area contributed by atoms with Crippen molar-refractivity contribution in [2.24, 2.45) is 5.10 Å². The quantitative estimate of drug-likeness (QED) is 0.246. The molecule has 1 N–H and O–H groups in total. The van der Waals surface area contributed by atoms with Gasteiger partial charge in [-0.1, -0.05) is 0 Å². The third-order valence-electron chi connectivity index (χ3n) is 4.49. The van der Waals surface area contributed by atoms with Gasteiger partial charge in [-0.15, -0.1) is 0 Å². The van der Waals surface area contributed by atoms with Crippen LogP contribution in [0.15, 0.2) is 59.7 Å². The van der Waals surface area contributed by atoms with Crippen molar-refractivity contribution in [1.29, 1.82) is 0 Å². The lowest BCUT2D eigenvalue weighted by molar-refractivity contribution is 0.0600. The van der Waals surface area contributed by atoms with Crippen LogP contribution in [0.2, 0.25) is 0 Å². The van der Waals surface area contributed by atoms with E-state index in [-0.39, 0.29) is 11.9 Å². The van der Waals surface area contributed by atoms with E-state index in [0.717, 1.165) is 26.2 Å². The van der Waals surface area contributed by atoms with E-state index in [1.54, 1.807) is 30.5 Å². The molecule has 0 saturated carbocycles. The number of aryl methyl sites for hydroxylation is 1. The normalized spacial score (nSPS) is 10.9. The van der Waals surface area contributed by atoms with Crippen LogP contribution in [0.3, 0.4) is 0 Å². The van der Waals surface area contributed by atoms with Crippen LogP contribution in [-0.4, -0.2) is 29.8 Å². The summed E-state index contributed by atoms with van der Waals surface area (Å²) in [5, 5.41) is 4.10. The van der Waals surface area contributed by atoms with E-state index < -0.39 is 0 Å². The number of ether oxygens (including phenoxy) is 1. The van der Waals surface area contributed by atoms with E-state index in [0.29, 0.717) is 11.1 Å². The van der Waals surface area contributed by atoms with Crippen molar-refractivity contribution < 1.29 is 14.3 Å². The van der Waals surface area contributed by atoms with Gasteiger partial charge in [0.15, 0.2) is 0 Å². The van der Waals surface area contributed by atoms with E-state index >= 15 is 0 Å². The predicted octanol–water partition coefficient (Wildman–Crippen LogP) is 4.25. The number of esters is 1. The number of hydrogen-bond acceptors (Lipinski definition) is 4. The molecule has 1 heterocycles. The molecule has 148 valence electrons. The molecule has 0 radical (unpaired) electrons. The first-order chi connectivity index (χ1) is 13.9. The molecule has 0 saturated heterocycles. The molecular weight excluding hydrogens is 481 g/mol. The van der Waals surface area contributed by atoms with Crippen LogP contribution >= 0.6 is 22.6 Å². The van der Waals surface area contributed by atoms with E-state index in [1.165, 1.54) is 7.11 Å². The maximum atomic E-state index is 12.2. The van der Waals surface area contributed by atoms with Gasteiger partial charge in [0.2, 0.25) is 0 Å². The Bertz CT molecular complexity index is 1070. The summed E-state index contributed by atoms with van der Waals surface area (Å²) < 4.78 is 7.86. The highest BCUT2D eigenvalue weighted by Gasteiger charge is 2.11. The Morgan fingerprint density at radius 3 is 2.28 bits per heavy atom. The number of benzene rings is 2. The van der Waals surface area contributed by atoms with Gasteiger partial charge in [-0.3, -0.25) is 4.79 Å². The van der Waals surface area contributed by atoms with Crippen molar-refractivity contribution in [3.8, 4) is 5.69 Å². The SMILES string of the molecule is COC(=O)c1ccc(-n2c(C)cc(/C=N\NC(=O)c3ccc(I)cc3)c2C)cc1. The molecule has 0 aliphatic carbocycles. The highest BCUT2D eigenvalue weighted by atomic mass is 127. The Morgan fingerprint density at radius 1 is 1.03 bits per heavy atom. The van der Waals surface area contributed by atoms with E-state index in [4.69, 9.17) is 4.74 Å². The van der Waals surface area contributed by atoms with Gasteiger partial charge in [-0.25, -0.2) is 10.2 Å². The number of hydrazone groups is 1. The molecule has 0 fully saturated rings. The van der Waals surface area contributed by atoms with Gasteiger partial charge in [0.1, 0.15) is 0 Å². The number of nitrogens with zero attached hydrogens (tertiary/aromatic N) is 2. The van der Waals surface area contributed by atoms with Crippen molar-refractivity contribution in [2.45, 2.75) is 13.8 Å². The van der Waals surface area contributed by atoms with Crippen LogP contribution in [0.4, 0.5) is 0 Å². The van der Waals surface area contributed by atoms with Crippen LogP contribution in [0, 0.1) is 17.4 Å². The van der Waals surface area contributed by atoms with Crippen LogP contribution in [0.1, 0.15) is 37.7 Å². The van der Waals surface area contributed by atoms with Gasteiger partial charge in [-0.05, 0) is 91.0 Å². The Labute approximate surface area is 182 Å². The van der Waals surface area contributed by atoms with Crippen LogP contribution in [0.25, 0.3) is 5.69 Å². The van der Waals surface area contributed by atoms with Gasteiger partial charge in [0, 0.05) is 31.8 Å². The Hall–Kier alpha value is -2.94. The van der Waals surface area contributed by atoms with Crippen molar-refractivity contribution >= 4 is 40.7 Å². The highest BCUT2D eigenvalue weighted by molar-refractivity contribution is 14.1. The predicted molar refractivity (Wildman–Crippen MR) is 121 cm³/mol. The number of carbonyl (C=O) groups excluding carboxylic acids is 2. The molecule has 0 bridgehead atoms. The lowest BCUT2D eigenvalue weighted by Gasteiger charge is -2.10. The summed E-state index contributed by atoms with van der Waals surface area (Å²) in [6, 6.07) is 16.5. The number of amides is 1. The molecule has 1 amide bonds. The fourth-order valence-electron chi connectivity index (χ4n) is 3.01. The minimum atomic E-state index is -0.366. The van der Waals surface area contributed by atoms with Crippen molar-refractivity contribution in [3.05, 3.63) is 86.2 Å². The second-order valence-corrected chi connectivity index (χ2v) is 7.65. The largest absolute Gasteiger partial charge is 0.465 e. The Morgan fingerprint density at radius 2 is 1.66 bits per heavy atom. The van der Waals surface area contributed by atoms with Gasteiger partial charge in [0.05, 0.1) is 18.9 Å². The van der Waals surface area contributed by atoms with Crippen molar-refractivity contribution in [2.75, 3.05) is 7.11 Å². The Balaban J connectivity index is 1.77. The first-order valence-electron chi connectivity index (χ1n) is 8.87. The molecule has 7 heteroatoms. The molecule has 29 heavy (non-hydrogen) atoms. The zero-order valence-electron chi connectivity index (χ0n) is 16.3. The minimum Gasteiger partial charge on any atom is -0.465 e. The molecule has 6 nitrogen and oxygen atoms in total. The fraction of sp³-hybridized carbons (Fsp3) is 0.136. The lowest BCUT2D eigenvalue weighted by atomic mass is 10.2. The summed E-state index contributed by atoms with van der Waals surface area (Å²) in [5.41, 5.74) is 7.41. The lowest BCUT2D eigenvalue weighted by Crippen LogP contribution is -2.17. The highest BCUT2D eigenvalue weighted by Crippen LogP contribution is 2.20. The first kappa shape index (κ1) is 20.8. The zero-order valence-corrected chi connectivity index (χ0v) is 18.4. The summed E-state index contributed by atoms with van der Waals surface area (Å²) in [6.07, 6.45) is 1.63. The zero-order chi connectivity index (χ0) is 21.0. The number of rotatable bonds is 5.